The first kappa shape index (κ1) is 20.1. The predicted octanol–water partition coefficient (Wildman–Crippen LogP) is 5.52. The summed E-state index contributed by atoms with van der Waals surface area (Å²) in [7, 11) is 1.65. The number of methoxy groups -OCH3 is 1. The fraction of sp³-hybridized carbons (Fsp3) is 0.381. The first-order valence-electron chi connectivity index (χ1n) is 9.13. The summed E-state index contributed by atoms with van der Waals surface area (Å²) in [4.78, 5) is 15.0. The molecule has 1 amide bonds. The molecule has 1 unspecified atom stereocenters. The molecular weight excluding hydrogens is 426 g/mol. The third-order valence-electron chi connectivity index (χ3n) is 4.48. The number of hydrogen-bond acceptors (Lipinski definition) is 4. The van der Waals surface area contributed by atoms with Crippen LogP contribution < -0.4 is 9.47 Å². The number of carbonyl (C=O) groups is 1. The molecule has 2 aromatic carbocycles. The Bertz CT molecular complexity index is 781. The Labute approximate surface area is 173 Å². The van der Waals surface area contributed by atoms with Gasteiger partial charge in [0.05, 0.1) is 18.2 Å². The van der Waals surface area contributed by atoms with Crippen LogP contribution in [0, 0.1) is 0 Å². The van der Waals surface area contributed by atoms with Crippen molar-refractivity contribution in [1.82, 2.24) is 4.90 Å². The van der Waals surface area contributed by atoms with E-state index >= 15 is 0 Å². The van der Waals surface area contributed by atoms with E-state index in [1.807, 2.05) is 47.4 Å². The molecule has 0 spiro atoms. The van der Waals surface area contributed by atoms with Gasteiger partial charge in [0.15, 0.2) is 0 Å². The zero-order valence-electron chi connectivity index (χ0n) is 15.6. The van der Waals surface area contributed by atoms with Crippen LogP contribution in [0.15, 0.2) is 46.9 Å². The van der Waals surface area contributed by atoms with Crippen molar-refractivity contribution >= 4 is 33.6 Å². The van der Waals surface area contributed by atoms with Crippen molar-refractivity contribution in [2.45, 2.75) is 25.1 Å². The van der Waals surface area contributed by atoms with Crippen LogP contribution in [0.4, 0.5) is 0 Å². The minimum atomic E-state index is 0.0141. The molecular formula is C21H24BrNO3S. The molecule has 0 N–H and O–H groups in total. The summed E-state index contributed by atoms with van der Waals surface area (Å²) in [5, 5.41) is 0.0141. The van der Waals surface area contributed by atoms with Gasteiger partial charge in [0.2, 0.25) is 0 Å². The molecule has 3 rings (SSSR count). The molecule has 144 valence electrons. The Morgan fingerprint density at radius 3 is 2.70 bits per heavy atom. The van der Waals surface area contributed by atoms with Crippen molar-refractivity contribution < 1.29 is 14.3 Å². The second kappa shape index (κ2) is 9.51. The van der Waals surface area contributed by atoms with Gasteiger partial charge in [0.1, 0.15) is 16.9 Å². The van der Waals surface area contributed by atoms with Crippen LogP contribution in [0.1, 0.15) is 41.1 Å². The maximum absolute atomic E-state index is 13.0. The number of unbranched alkanes of at least 4 members (excludes halogenated alkanes) is 1. The first-order chi connectivity index (χ1) is 13.1. The Kier molecular flexibility index (Phi) is 7.07. The van der Waals surface area contributed by atoms with Gasteiger partial charge in [-0.15, -0.1) is 11.8 Å². The van der Waals surface area contributed by atoms with Gasteiger partial charge in [0, 0.05) is 17.9 Å². The number of halogens is 1. The van der Waals surface area contributed by atoms with Gasteiger partial charge in [-0.25, -0.2) is 0 Å². The number of amides is 1. The fourth-order valence-electron chi connectivity index (χ4n) is 2.98. The SMILES string of the molecule is CCCCOc1ccc(C(=O)N2CCSC2c2ccc(OC)c(Br)c2)cc1. The summed E-state index contributed by atoms with van der Waals surface area (Å²) >= 11 is 5.32. The second-order valence-corrected chi connectivity index (χ2v) is 8.38. The summed E-state index contributed by atoms with van der Waals surface area (Å²) in [5.41, 5.74) is 1.79. The predicted molar refractivity (Wildman–Crippen MR) is 114 cm³/mol. The molecule has 1 atom stereocenters. The van der Waals surface area contributed by atoms with Gasteiger partial charge >= 0.3 is 0 Å². The smallest absolute Gasteiger partial charge is 0.255 e. The summed E-state index contributed by atoms with van der Waals surface area (Å²) in [5.74, 6) is 2.58. The van der Waals surface area contributed by atoms with Crippen LogP contribution in [0.2, 0.25) is 0 Å². The van der Waals surface area contributed by atoms with E-state index in [1.165, 1.54) is 0 Å². The van der Waals surface area contributed by atoms with Crippen molar-refractivity contribution in [3.05, 3.63) is 58.1 Å². The Morgan fingerprint density at radius 2 is 2.04 bits per heavy atom. The molecule has 1 aliphatic rings. The Balaban J connectivity index is 1.72. The number of benzene rings is 2. The molecule has 0 bridgehead atoms. The number of thioether (sulfide) groups is 1. The molecule has 1 aliphatic heterocycles. The van der Waals surface area contributed by atoms with Crippen molar-refractivity contribution in [3.8, 4) is 11.5 Å². The first-order valence-corrected chi connectivity index (χ1v) is 11.0. The molecule has 27 heavy (non-hydrogen) atoms. The van der Waals surface area contributed by atoms with Crippen LogP contribution in [0.25, 0.3) is 0 Å². The van der Waals surface area contributed by atoms with Gasteiger partial charge in [-0.05, 0) is 64.3 Å². The molecule has 4 nitrogen and oxygen atoms in total. The third-order valence-corrected chi connectivity index (χ3v) is 6.36. The topological polar surface area (TPSA) is 38.8 Å². The van der Waals surface area contributed by atoms with E-state index in [0.29, 0.717) is 12.2 Å². The van der Waals surface area contributed by atoms with Gasteiger partial charge in [-0.3, -0.25) is 4.79 Å². The molecule has 0 radical (unpaired) electrons. The maximum Gasteiger partial charge on any atom is 0.255 e. The summed E-state index contributed by atoms with van der Waals surface area (Å²) < 4.78 is 11.9. The molecule has 0 saturated carbocycles. The number of nitrogens with zero attached hydrogens (tertiary/aromatic N) is 1. The van der Waals surface area contributed by atoms with E-state index in [-0.39, 0.29) is 11.3 Å². The quantitative estimate of drug-likeness (QED) is 0.521. The average molecular weight is 450 g/mol. The third kappa shape index (κ3) is 4.79. The number of ether oxygens (including phenoxy) is 2. The van der Waals surface area contributed by atoms with Crippen LogP contribution in [-0.4, -0.2) is 36.8 Å². The molecule has 0 aromatic heterocycles. The second-order valence-electron chi connectivity index (χ2n) is 6.34. The van der Waals surface area contributed by atoms with Gasteiger partial charge in [-0.2, -0.15) is 0 Å². The lowest BCUT2D eigenvalue weighted by Gasteiger charge is -2.24. The van der Waals surface area contributed by atoms with E-state index in [2.05, 4.69) is 22.9 Å². The Hall–Kier alpha value is -1.66. The lowest BCUT2D eigenvalue weighted by atomic mass is 10.1. The van der Waals surface area contributed by atoms with Crippen LogP contribution in [0.5, 0.6) is 11.5 Å². The van der Waals surface area contributed by atoms with Crippen molar-refractivity contribution in [2.24, 2.45) is 0 Å². The van der Waals surface area contributed by atoms with E-state index in [4.69, 9.17) is 9.47 Å². The summed E-state index contributed by atoms with van der Waals surface area (Å²) in [6.07, 6.45) is 2.14. The van der Waals surface area contributed by atoms with Crippen molar-refractivity contribution in [2.75, 3.05) is 26.0 Å². The molecule has 6 heteroatoms. The minimum absolute atomic E-state index is 0.0141. The Morgan fingerprint density at radius 1 is 1.26 bits per heavy atom. The standard InChI is InChI=1S/C21H24BrNO3S/c1-3-4-12-26-17-8-5-15(6-9-17)20(24)23-11-13-27-21(23)16-7-10-19(25-2)18(22)14-16/h5-10,14,21H,3-4,11-13H2,1-2H3. The van der Waals surface area contributed by atoms with Crippen molar-refractivity contribution in [1.29, 1.82) is 0 Å². The highest BCUT2D eigenvalue weighted by Crippen LogP contribution is 2.41. The summed E-state index contributed by atoms with van der Waals surface area (Å²) in [6, 6.07) is 13.5. The number of hydrogen-bond donors (Lipinski definition) is 0. The lowest BCUT2D eigenvalue weighted by molar-refractivity contribution is 0.0760. The highest BCUT2D eigenvalue weighted by Gasteiger charge is 2.31. The zero-order valence-corrected chi connectivity index (χ0v) is 18.0. The number of carbonyl (C=O) groups excluding carboxylic acids is 1. The highest BCUT2D eigenvalue weighted by atomic mass is 79.9. The molecule has 1 heterocycles. The van der Waals surface area contributed by atoms with Crippen LogP contribution in [-0.2, 0) is 0 Å². The highest BCUT2D eigenvalue weighted by molar-refractivity contribution is 9.10. The van der Waals surface area contributed by atoms with E-state index in [9.17, 15) is 4.79 Å². The van der Waals surface area contributed by atoms with Gasteiger partial charge in [-0.1, -0.05) is 19.4 Å². The normalized spacial score (nSPS) is 16.4. The average Bonchev–Trinajstić information content (AvgIpc) is 3.18. The van der Waals surface area contributed by atoms with Crippen LogP contribution >= 0.6 is 27.7 Å². The van der Waals surface area contributed by atoms with Crippen molar-refractivity contribution in [3.63, 3.8) is 0 Å². The molecule has 1 saturated heterocycles. The lowest BCUT2D eigenvalue weighted by Crippen LogP contribution is -2.30. The molecule has 1 fully saturated rings. The van der Waals surface area contributed by atoms with E-state index in [0.717, 1.165) is 46.7 Å². The van der Waals surface area contributed by atoms with Crippen LogP contribution in [0.3, 0.4) is 0 Å². The molecule has 2 aromatic rings. The van der Waals surface area contributed by atoms with Gasteiger partial charge < -0.3 is 14.4 Å². The summed E-state index contributed by atoms with van der Waals surface area (Å²) in [6.45, 7) is 3.59. The van der Waals surface area contributed by atoms with E-state index < -0.39 is 0 Å². The zero-order chi connectivity index (χ0) is 19.2. The largest absolute Gasteiger partial charge is 0.496 e. The maximum atomic E-state index is 13.0. The fourth-order valence-corrected chi connectivity index (χ4v) is 4.79. The number of rotatable bonds is 7. The monoisotopic (exact) mass is 449 g/mol. The van der Waals surface area contributed by atoms with Gasteiger partial charge in [0.25, 0.3) is 5.91 Å². The minimum Gasteiger partial charge on any atom is -0.496 e. The molecule has 0 aliphatic carbocycles. The van der Waals surface area contributed by atoms with E-state index in [1.54, 1.807) is 18.9 Å².